The summed E-state index contributed by atoms with van der Waals surface area (Å²) in [6, 6.07) is 17.2. The standard InChI is InChI=1S/C26H23N3O5/c1-2-3-16-27-23-15-12-19(9-8-18-10-13-20(14-11-18)29(33)34)17-22(23)25(30)28-24-7-5-4-6-21(24)26(31)32/h4-7,10-15,17,27H,2-3,16H2,1H3,(H,28,30)(H,31,32). The Morgan fingerprint density at radius 3 is 2.29 bits per heavy atom. The molecule has 8 nitrogen and oxygen atoms in total. The number of anilines is 2. The van der Waals surface area contributed by atoms with Crippen LogP contribution < -0.4 is 10.6 Å². The predicted octanol–water partition coefficient (Wildman–Crippen LogP) is 5.16. The van der Waals surface area contributed by atoms with Crippen molar-refractivity contribution in [3.05, 3.63) is 99.1 Å². The summed E-state index contributed by atoms with van der Waals surface area (Å²) < 4.78 is 0. The van der Waals surface area contributed by atoms with Gasteiger partial charge in [-0.15, -0.1) is 0 Å². The molecule has 0 atom stereocenters. The number of carbonyl (C=O) groups is 2. The van der Waals surface area contributed by atoms with Gasteiger partial charge in [0.1, 0.15) is 0 Å². The van der Waals surface area contributed by atoms with Crippen LogP contribution in [0.15, 0.2) is 66.7 Å². The maximum Gasteiger partial charge on any atom is 0.337 e. The largest absolute Gasteiger partial charge is 0.478 e. The van der Waals surface area contributed by atoms with E-state index in [4.69, 9.17) is 0 Å². The van der Waals surface area contributed by atoms with Crippen molar-refractivity contribution in [2.75, 3.05) is 17.2 Å². The lowest BCUT2D eigenvalue weighted by atomic mass is 10.1. The van der Waals surface area contributed by atoms with E-state index in [0.29, 0.717) is 28.9 Å². The van der Waals surface area contributed by atoms with Crippen LogP contribution in [0.2, 0.25) is 0 Å². The average molecular weight is 457 g/mol. The fourth-order valence-corrected chi connectivity index (χ4v) is 3.14. The Kier molecular flexibility index (Phi) is 7.97. The van der Waals surface area contributed by atoms with Crippen LogP contribution in [0.1, 0.15) is 51.6 Å². The number of unbranched alkanes of at least 4 members (excludes halogenated alkanes) is 1. The van der Waals surface area contributed by atoms with Crippen molar-refractivity contribution >= 4 is 28.9 Å². The zero-order valence-corrected chi connectivity index (χ0v) is 18.5. The number of benzene rings is 3. The molecule has 3 aromatic carbocycles. The minimum atomic E-state index is -1.14. The van der Waals surface area contributed by atoms with Gasteiger partial charge in [-0.05, 0) is 48.9 Å². The Morgan fingerprint density at radius 1 is 0.941 bits per heavy atom. The summed E-state index contributed by atoms with van der Waals surface area (Å²) in [6.07, 6.45) is 1.91. The number of aromatic carboxylic acids is 1. The maximum atomic E-state index is 13.1. The molecule has 0 aromatic heterocycles. The van der Waals surface area contributed by atoms with E-state index in [1.54, 1.807) is 42.5 Å². The monoisotopic (exact) mass is 457 g/mol. The van der Waals surface area contributed by atoms with E-state index in [1.807, 2.05) is 0 Å². The lowest BCUT2D eigenvalue weighted by Crippen LogP contribution is -2.17. The summed E-state index contributed by atoms with van der Waals surface area (Å²) in [7, 11) is 0. The molecule has 34 heavy (non-hydrogen) atoms. The molecule has 0 fully saturated rings. The third kappa shape index (κ3) is 6.20. The molecule has 0 aliphatic rings. The second-order valence-electron chi connectivity index (χ2n) is 7.40. The third-order valence-corrected chi connectivity index (χ3v) is 4.94. The number of carboxylic acids is 1. The fourth-order valence-electron chi connectivity index (χ4n) is 3.14. The van der Waals surface area contributed by atoms with E-state index in [0.717, 1.165) is 12.8 Å². The van der Waals surface area contributed by atoms with Gasteiger partial charge in [0.15, 0.2) is 0 Å². The Balaban J connectivity index is 1.91. The molecule has 3 aromatic rings. The Bertz CT molecular complexity index is 1270. The number of nitro groups is 1. The summed E-state index contributed by atoms with van der Waals surface area (Å²) in [5.41, 5.74) is 2.26. The number of carbonyl (C=O) groups excluding carboxylic acids is 1. The van der Waals surface area contributed by atoms with Gasteiger partial charge in [-0.3, -0.25) is 14.9 Å². The van der Waals surface area contributed by atoms with Crippen molar-refractivity contribution in [3.8, 4) is 11.8 Å². The topological polar surface area (TPSA) is 122 Å². The number of nitrogens with zero attached hydrogens (tertiary/aromatic N) is 1. The number of hydrogen-bond donors (Lipinski definition) is 3. The van der Waals surface area contributed by atoms with Crippen molar-refractivity contribution in [1.29, 1.82) is 0 Å². The van der Waals surface area contributed by atoms with Crippen molar-refractivity contribution in [3.63, 3.8) is 0 Å². The number of rotatable bonds is 8. The molecule has 0 radical (unpaired) electrons. The van der Waals surface area contributed by atoms with Crippen molar-refractivity contribution in [2.24, 2.45) is 0 Å². The highest BCUT2D eigenvalue weighted by Crippen LogP contribution is 2.22. The molecule has 0 saturated carbocycles. The van der Waals surface area contributed by atoms with E-state index in [-0.39, 0.29) is 16.9 Å². The third-order valence-electron chi connectivity index (χ3n) is 4.94. The minimum Gasteiger partial charge on any atom is -0.478 e. The number of amides is 1. The van der Waals surface area contributed by atoms with Gasteiger partial charge in [-0.1, -0.05) is 37.3 Å². The molecule has 0 unspecified atom stereocenters. The van der Waals surface area contributed by atoms with Crippen LogP contribution in [0.5, 0.6) is 0 Å². The number of para-hydroxylation sites is 1. The number of hydrogen-bond acceptors (Lipinski definition) is 5. The van der Waals surface area contributed by atoms with Crippen LogP contribution in [0.3, 0.4) is 0 Å². The highest BCUT2D eigenvalue weighted by molar-refractivity contribution is 6.10. The SMILES string of the molecule is CCCCNc1ccc(C#Cc2ccc([N+](=O)[O-])cc2)cc1C(=O)Nc1ccccc1C(=O)O. The molecule has 0 heterocycles. The summed E-state index contributed by atoms with van der Waals surface area (Å²) in [4.78, 5) is 34.9. The predicted molar refractivity (Wildman–Crippen MR) is 130 cm³/mol. The van der Waals surface area contributed by atoms with Gasteiger partial charge in [0.25, 0.3) is 11.6 Å². The lowest BCUT2D eigenvalue weighted by molar-refractivity contribution is -0.384. The molecule has 3 N–H and O–H groups in total. The van der Waals surface area contributed by atoms with E-state index in [9.17, 15) is 24.8 Å². The fraction of sp³-hybridized carbons (Fsp3) is 0.154. The van der Waals surface area contributed by atoms with E-state index in [2.05, 4.69) is 29.4 Å². The molecule has 172 valence electrons. The zero-order valence-electron chi connectivity index (χ0n) is 18.5. The second-order valence-corrected chi connectivity index (χ2v) is 7.40. The number of non-ortho nitro benzene ring substituents is 1. The summed E-state index contributed by atoms with van der Waals surface area (Å²) in [5, 5.41) is 26.1. The first kappa shape index (κ1) is 24.0. The number of nitrogens with one attached hydrogen (secondary N) is 2. The van der Waals surface area contributed by atoms with Crippen LogP contribution in [-0.4, -0.2) is 28.5 Å². The summed E-state index contributed by atoms with van der Waals surface area (Å²) >= 11 is 0. The Hall–Kier alpha value is -4.64. The second kappa shape index (κ2) is 11.3. The van der Waals surface area contributed by atoms with E-state index in [1.165, 1.54) is 24.3 Å². The highest BCUT2D eigenvalue weighted by atomic mass is 16.6. The normalized spacial score (nSPS) is 10.0. The van der Waals surface area contributed by atoms with Crippen molar-refractivity contribution in [1.82, 2.24) is 0 Å². The first-order chi connectivity index (χ1) is 16.4. The van der Waals surface area contributed by atoms with E-state index >= 15 is 0 Å². The molecular weight excluding hydrogens is 434 g/mol. The minimum absolute atomic E-state index is 0.00883. The van der Waals surface area contributed by atoms with Crippen LogP contribution in [-0.2, 0) is 0 Å². The molecule has 0 spiro atoms. The van der Waals surface area contributed by atoms with Gasteiger partial charge in [0, 0.05) is 35.5 Å². The molecule has 0 bridgehead atoms. The summed E-state index contributed by atoms with van der Waals surface area (Å²) in [6.45, 7) is 2.74. The van der Waals surface area contributed by atoms with Crippen LogP contribution in [0.4, 0.5) is 17.1 Å². The van der Waals surface area contributed by atoms with Crippen LogP contribution >= 0.6 is 0 Å². The van der Waals surface area contributed by atoms with Crippen LogP contribution in [0, 0.1) is 22.0 Å². The molecule has 1 amide bonds. The molecule has 0 aliphatic carbocycles. The first-order valence-corrected chi connectivity index (χ1v) is 10.7. The molecule has 3 rings (SSSR count). The molecule has 0 saturated heterocycles. The van der Waals surface area contributed by atoms with Gasteiger partial charge < -0.3 is 15.7 Å². The molecular formula is C26H23N3O5. The quantitative estimate of drug-likeness (QED) is 0.186. The average Bonchev–Trinajstić information content (AvgIpc) is 2.83. The van der Waals surface area contributed by atoms with E-state index < -0.39 is 16.8 Å². The van der Waals surface area contributed by atoms with Crippen LogP contribution in [0.25, 0.3) is 0 Å². The maximum absolute atomic E-state index is 13.1. The van der Waals surface area contributed by atoms with Gasteiger partial charge in [0.2, 0.25) is 0 Å². The highest BCUT2D eigenvalue weighted by Gasteiger charge is 2.16. The molecule has 0 aliphatic heterocycles. The van der Waals surface area contributed by atoms with Gasteiger partial charge in [-0.2, -0.15) is 0 Å². The number of carboxylic acid groups (broad SMARTS) is 1. The number of nitro benzene ring substituents is 1. The van der Waals surface area contributed by atoms with Gasteiger partial charge >= 0.3 is 5.97 Å². The lowest BCUT2D eigenvalue weighted by Gasteiger charge is -2.14. The van der Waals surface area contributed by atoms with Crippen molar-refractivity contribution in [2.45, 2.75) is 19.8 Å². The first-order valence-electron chi connectivity index (χ1n) is 10.7. The Labute approximate surface area is 196 Å². The molecule has 8 heteroatoms. The summed E-state index contributed by atoms with van der Waals surface area (Å²) in [5.74, 6) is 4.30. The van der Waals surface area contributed by atoms with Gasteiger partial charge in [0.05, 0.1) is 21.7 Å². The zero-order chi connectivity index (χ0) is 24.5. The Morgan fingerprint density at radius 2 is 1.62 bits per heavy atom. The van der Waals surface area contributed by atoms with Crippen molar-refractivity contribution < 1.29 is 19.6 Å². The van der Waals surface area contributed by atoms with Gasteiger partial charge in [-0.25, -0.2) is 4.79 Å². The smallest absolute Gasteiger partial charge is 0.337 e.